The van der Waals surface area contributed by atoms with Crippen LogP contribution in [0.3, 0.4) is 0 Å². The van der Waals surface area contributed by atoms with Crippen molar-refractivity contribution >= 4 is 29.9 Å². The lowest BCUT2D eigenvalue weighted by Gasteiger charge is -2.16. The molecular weight excluding hydrogens is 441 g/mol. The highest BCUT2D eigenvalue weighted by molar-refractivity contribution is 14.0. The van der Waals surface area contributed by atoms with Gasteiger partial charge in [-0.25, -0.2) is 4.98 Å². The predicted octanol–water partition coefficient (Wildman–Crippen LogP) is 3.28. The largest absolute Gasteiger partial charge is 0.474 e. The minimum atomic E-state index is 0. The fourth-order valence-electron chi connectivity index (χ4n) is 2.91. The van der Waals surface area contributed by atoms with Crippen LogP contribution < -0.4 is 15.4 Å². The van der Waals surface area contributed by atoms with Gasteiger partial charge in [0.05, 0.1) is 12.2 Å². The minimum absolute atomic E-state index is 0. The second-order valence-electron chi connectivity index (χ2n) is 6.09. The Bertz CT molecular complexity index is 689. The SMILES string of the molecule is CN=C(NCc1ccccn1)NCc1cccnc1OC1CCCC1.I. The highest BCUT2D eigenvalue weighted by atomic mass is 127. The van der Waals surface area contributed by atoms with Crippen molar-refractivity contribution in [1.82, 2.24) is 20.6 Å². The van der Waals surface area contributed by atoms with E-state index in [1.807, 2.05) is 30.3 Å². The molecule has 0 saturated heterocycles. The maximum atomic E-state index is 6.08. The molecule has 1 aliphatic carbocycles. The van der Waals surface area contributed by atoms with Crippen LogP contribution in [0, 0.1) is 0 Å². The van der Waals surface area contributed by atoms with E-state index in [0.29, 0.717) is 19.2 Å². The van der Waals surface area contributed by atoms with Gasteiger partial charge in [0.25, 0.3) is 0 Å². The highest BCUT2D eigenvalue weighted by Gasteiger charge is 2.18. The van der Waals surface area contributed by atoms with Gasteiger partial charge in [-0.2, -0.15) is 0 Å². The van der Waals surface area contributed by atoms with Crippen LogP contribution in [-0.4, -0.2) is 29.1 Å². The molecule has 0 bridgehead atoms. The summed E-state index contributed by atoms with van der Waals surface area (Å²) in [7, 11) is 1.76. The van der Waals surface area contributed by atoms with Gasteiger partial charge in [0, 0.05) is 31.5 Å². The topological polar surface area (TPSA) is 71.4 Å². The summed E-state index contributed by atoms with van der Waals surface area (Å²) < 4.78 is 6.08. The quantitative estimate of drug-likeness (QED) is 0.388. The lowest BCUT2D eigenvalue weighted by Crippen LogP contribution is -2.36. The van der Waals surface area contributed by atoms with Gasteiger partial charge >= 0.3 is 0 Å². The van der Waals surface area contributed by atoms with Gasteiger partial charge in [-0.3, -0.25) is 9.98 Å². The highest BCUT2D eigenvalue weighted by Crippen LogP contribution is 2.24. The third-order valence-corrected chi connectivity index (χ3v) is 4.26. The number of nitrogens with zero attached hydrogens (tertiary/aromatic N) is 3. The van der Waals surface area contributed by atoms with Crippen LogP contribution in [0.4, 0.5) is 0 Å². The fourth-order valence-corrected chi connectivity index (χ4v) is 2.91. The summed E-state index contributed by atoms with van der Waals surface area (Å²) in [6.07, 6.45) is 8.60. The molecule has 1 saturated carbocycles. The first-order chi connectivity index (χ1) is 12.3. The molecule has 140 valence electrons. The van der Waals surface area contributed by atoms with Gasteiger partial charge in [-0.05, 0) is 43.9 Å². The number of aromatic nitrogens is 2. The molecule has 26 heavy (non-hydrogen) atoms. The number of pyridine rings is 2. The number of hydrogen-bond acceptors (Lipinski definition) is 4. The van der Waals surface area contributed by atoms with Crippen LogP contribution in [-0.2, 0) is 13.1 Å². The van der Waals surface area contributed by atoms with Gasteiger partial charge in [0.1, 0.15) is 6.10 Å². The molecule has 7 heteroatoms. The number of guanidine groups is 1. The van der Waals surface area contributed by atoms with Crippen molar-refractivity contribution in [2.75, 3.05) is 7.05 Å². The van der Waals surface area contributed by atoms with E-state index >= 15 is 0 Å². The van der Waals surface area contributed by atoms with E-state index in [-0.39, 0.29) is 24.0 Å². The normalized spacial score (nSPS) is 14.6. The van der Waals surface area contributed by atoms with E-state index < -0.39 is 0 Å². The van der Waals surface area contributed by atoms with Crippen molar-refractivity contribution < 1.29 is 4.74 Å². The van der Waals surface area contributed by atoms with E-state index in [1.165, 1.54) is 12.8 Å². The van der Waals surface area contributed by atoms with Crippen molar-refractivity contribution in [3.63, 3.8) is 0 Å². The Balaban J connectivity index is 0.00000243. The van der Waals surface area contributed by atoms with Crippen molar-refractivity contribution in [3.8, 4) is 5.88 Å². The van der Waals surface area contributed by atoms with E-state index in [9.17, 15) is 0 Å². The number of aliphatic imine (C=N–C) groups is 1. The molecule has 1 fully saturated rings. The Hall–Kier alpha value is -1.90. The molecule has 0 atom stereocenters. The maximum absolute atomic E-state index is 6.08. The van der Waals surface area contributed by atoms with Crippen LogP contribution in [0.5, 0.6) is 5.88 Å². The first-order valence-corrected chi connectivity index (χ1v) is 8.80. The van der Waals surface area contributed by atoms with E-state index in [2.05, 4.69) is 25.6 Å². The van der Waals surface area contributed by atoms with E-state index in [0.717, 1.165) is 35.9 Å². The molecule has 2 heterocycles. The number of hydrogen-bond donors (Lipinski definition) is 2. The Labute approximate surface area is 171 Å². The van der Waals surface area contributed by atoms with E-state index in [1.54, 1.807) is 19.4 Å². The monoisotopic (exact) mass is 467 g/mol. The van der Waals surface area contributed by atoms with E-state index in [4.69, 9.17) is 4.74 Å². The van der Waals surface area contributed by atoms with Gasteiger partial charge in [-0.15, -0.1) is 24.0 Å². The Morgan fingerprint density at radius 1 is 1.08 bits per heavy atom. The van der Waals surface area contributed by atoms with Gasteiger partial charge < -0.3 is 15.4 Å². The van der Waals surface area contributed by atoms with Crippen LogP contribution >= 0.6 is 24.0 Å². The molecule has 0 unspecified atom stereocenters. The standard InChI is InChI=1S/C19H25N5O.HI/c1-20-19(24-14-16-8-4-5-11-21-16)23-13-15-7-6-12-22-18(15)25-17-9-2-3-10-17;/h4-8,11-12,17H,2-3,9-10,13-14H2,1H3,(H2,20,23,24);1H. The zero-order valence-corrected chi connectivity index (χ0v) is 17.3. The maximum Gasteiger partial charge on any atom is 0.218 e. The van der Waals surface area contributed by atoms with Crippen LogP contribution in [0.2, 0.25) is 0 Å². The molecule has 0 aliphatic heterocycles. The molecule has 0 radical (unpaired) electrons. The van der Waals surface area contributed by atoms with Gasteiger partial charge in [0.2, 0.25) is 5.88 Å². The zero-order valence-electron chi connectivity index (χ0n) is 15.0. The molecule has 0 amide bonds. The summed E-state index contributed by atoms with van der Waals surface area (Å²) in [5.41, 5.74) is 2.01. The van der Waals surface area contributed by atoms with Crippen molar-refractivity contribution in [1.29, 1.82) is 0 Å². The fraction of sp³-hybridized carbons (Fsp3) is 0.421. The molecule has 2 N–H and O–H groups in total. The third kappa shape index (κ3) is 6.12. The summed E-state index contributed by atoms with van der Waals surface area (Å²) in [4.78, 5) is 13.0. The minimum Gasteiger partial charge on any atom is -0.474 e. The Morgan fingerprint density at radius 3 is 2.58 bits per heavy atom. The number of ether oxygens (including phenoxy) is 1. The Morgan fingerprint density at radius 2 is 1.85 bits per heavy atom. The lowest BCUT2D eigenvalue weighted by atomic mass is 10.2. The lowest BCUT2D eigenvalue weighted by molar-refractivity contribution is 0.199. The summed E-state index contributed by atoms with van der Waals surface area (Å²) >= 11 is 0. The summed E-state index contributed by atoms with van der Waals surface area (Å²) in [6.45, 7) is 1.23. The number of rotatable bonds is 6. The number of nitrogens with one attached hydrogen (secondary N) is 2. The second kappa shape index (κ2) is 10.9. The summed E-state index contributed by atoms with van der Waals surface area (Å²) in [6, 6.07) is 9.83. The van der Waals surface area contributed by atoms with Gasteiger partial charge in [0.15, 0.2) is 5.96 Å². The molecule has 6 nitrogen and oxygen atoms in total. The molecule has 0 spiro atoms. The number of halogens is 1. The van der Waals surface area contributed by atoms with Crippen LogP contribution in [0.1, 0.15) is 36.9 Å². The van der Waals surface area contributed by atoms with Gasteiger partial charge in [-0.1, -0.05) is 12.1 Å². The van der Waals surface area contributed by atoms with Crippen molar-refractivity contribution in [2.24, 2.45) is 4.99 Å². The average Bonchev–Trinajstić information content (AvgIpc) is 3.17. The molecule has 1 aliphatic rings. The third-order valence-electron chi connectivity index (χ3n) is 4.26. The molecule has 3 rings (SSSR count). The molecular formula is C19H26IN5O. The Kier molecular flexibility index (Phi) is 8.60. The summed E-state index contributed by atoms with van der Waals surface area (Å²) in [5, 5.41) is 6.58. The van der Waals surface area contributed by atoms with Crippen molar-refractivity contribution in [2.45, 2.75) is 44.9 Å². The van der Waals surface area contributed by atoms with Crippen molar-refractivity contribution in [3.05, 3.63) is 54.0 Å². The zero-order chi connectivity index (χ0) is 17.3. The summed E-state index contributed by atoms with van der Waals surface area (Å²) in [5.74, 6) is 1.45. The second-order valence-corrected chi connectivity index (χ2v) is 6.09. The smallest absolute Gasteiger partial charge is 0.218 e. The first kappa shape index (κ1) is 20.4. The molecule has 2 aromatic rings. The first-order valence-electron chi connectivity index (χ1n) is 8.80. The molecule has 2 aromatic heterocycles. The average molecular weight is 467 g/mol. The van der Waals surface area contributed by atoms with Crippen LogP contribution in [0.15, 0.2) is 47.7 Å². The van der Waals surface area contributed by atoms with Crippen LogP contribution in [0.25, 0.3) is 0 Å². The molecule has 0 aromatic carbocycles. The predicted molar refractivity (Wildman–Crippen MR) is 114 cm³/mol.